The second-order valence-corrected chi connectivity index (χ2v) is 8.98. The molecule has 6 rings (SSSR count). The van der Waals surface area contributed by atoms with E-state index in [0.29, 0.717) is 52.4 Å². The molecule has 2 unspecified atom stereocenters. The highest BCUT2D eigenvalue weighted by Crippen LogP contribution is 2.46. The number of ether oxygens (including phenoxy) is 1. The van der Waals surface area contributed by atoms with E-state index in [9.17, 15) is 5.11 Å². The van der Waals surface area contributed by atoms with Crippen LogP contribution in [0.3, 0.4) is 0 Å². The Kier molecular flexibility index (Phi) is 4.60. The molecule has 9 heteroatoms. The van der Waals surface area contributed by atoms with E-state index in [4.69, 9.17) is 14.2 Å². The third-order valence-electron chi connectivity index (χ3n) is 6.76. The van der Waals surface area contributed by atoms with Crippen molar-refractivity contribution in [2.45, 2.75) is 57.2 Å². The van der Waals surface area contributed by atoms with Gasteiger partial charge in [0, 0.05) is 29.8 Å². The Bertz CT molecular complexity index is 1320. The van der Waals surface area contributed by atoms with Crippen LogP contribution < -0.4 is 0 Å². The second-order valence-electron chi connectivity index (χ2n) is 8.98. The molecule has 2 aliphatic rings. The van der Waals surface area contributed by atoms with Gasteiger partial charge in [0.05, 0.1) is 22.9 Å². The summed E-state index contributed by atoms with van der Waals surface area (Å²) in [5, 5.41) is 24.6. The maximum atomic E-state index is 16.0. The van der Waals surface area contributed by atoms with Crippen LogP contribution in [0.15, 0.2) is 28.9 Å². The number of aryl methyl sites for hydroxylation is 2. The van der Waals surface area contributed by atoms with Crippen LogP contribution in [0.4, 0.5) is 4.39 Å². The first-order chi connectivity index (χ1) is 16.0. The SMILES string of the molecule is Cc1noc(C)c1-c1cc(C(O)(c2cccnn2)C2CCCO2)c2nc(C3CC3)[nH]c2c1F. The van der Waals surface area contributed by atoms with Crippen LogP contribution in [0, 0.1) is 19.7 Å². The minimum Gasteiger partial charge on any atom is -0.376 e. The fourth-order valence-corrected chi connectivity index (χ4v) is 4.93. The van der Waals surface area contributed by atoms with Crippen molar-refractivity contribution in [2.24, 2.45) is 0 Å². The lowest BCUT2D eigenvalue weighted by atomic mass is 9.81. The molecule has 0 amide bonds. The number of fused-ring (bicyclic) bond motifs is 1. The average molecular weight is 449 g/mol. The Hall–Kier alpha value is -3.17. The third kappa shape index (κ3) is 3.10. The second kappa shape index (κ2) is 7.43. The molecular weight excluding hydrogens is 425 g/mol. The molecular formula is C24H24FN5O3. The van der Waals surface area contributed by atoms with E-state index < -0.39 is 17.5 Å². The predicted molar refractivity (Wildman–Crippen MR) is 117 cm³/mol. The normalized spacial score (nSPS) is 20.4. The van der Waals surface area contributed by atoms with Crippen molar-refractivity contribution in [3.63, 3.8) is 0 Å². The number of benzene rings is 1. The van der Waals surface area contributed by atoms with E-state index >= 15 is 4.39 Å². The van der Waals surface area contributed by atoms with Crippen LogP contribution in [-0.2, 0) is 10.3 Å². The van der Waals surface area contributed by atoms with Crippen molar-refractivity contribution in [3.05, 3.63) is 58.7 Å². The standard InChI is InChI=1S/C24H24FN5O3/c1-12-19(13(2)33-30-12)15-11-16(21-22(20(15)25)28-23(27-21)14-7-8-14)24(31,18-6-4-10-32-18)17-5-3-9-26-29-17/h3,5,9,11,14,18,31H,4,6-8,10H2,1-2H3,(H,27,28). The van der Waals surface area contributed by atoms with Gasteiger partial charge in [-0.05, 0) is 57.7 Å². The van der Waals surface area contributed by atoms with Gasteiger partial charge in [-0.1, -0.05) is 5.16 Å². The Balaban J connectivity index is 1.69. The molecule has 0 spiro atoms. The zero-order valence-corrected chi connectivity index (χ0v) is 18.4. The molecule has 0 bridgehead atoms. The van der Waals surface area contributed by atoms with E-state index in [1.807, 2.05) is 0 Å². The van der Waals surface area contributed by atoms with E-state index in [1.54, 1.807) is 38.2 Å². The summed E-state index contributed by atoms with van der Waals surface area (Å²) in [5.41, 5.74) is 1.17. The molecule has 1 saturated heterocycles. The fraction of sp³-hybridized carbons (Fsp3) is 0.417. The summed E-state index contributed by atoms with van der Waals surface area (Å²) >= 11 is 0. The molecule has 2 fully saturated rings. The van der Waals surface area contributed by atoms with Gasteiger partial charge in [0.2, 0.25) is 0 Å². The van der Waals surface area contributed by atoms with Crippen molar-refractivity contribution in [2.75, 3.05) is 6.61 Å². The number of hydrogen-bond acceptors (Lipinski definition) is 7. The number of aromatic amines is 1. The zero-order chi connectivity index (χ0) is 22.7. The van der Waals surface area contributed by atoms with Gasteiger partial charge >= 0.3 is 0 Å². The molecule has 1 aromatic carbocycles. The van der Waals surface area contributed by atoms with Gasteiger partial charge < -0.3 is 19.4 Å². The van der Waals surface area contributed by atoms with Crippen LogP contribution >= 0.6 is 0 Å². The molecule has 2 atom stereocenters. The molecule has 4 aromatic rings. The maximum Gasteiger partial charge on any atom is 0.161 e. The molecule has 1 aliphatic carbocycles. The number of H-pyrrole nitrogens is 1. The quantitative estimate of drug-likeness (QED) is 0.473. The maximum absolute atomic E-state index is 16.0. The van der Waals surface area contributed by atoms with Gasteiger partial charge in [0.1, 0.15) is 22.8 Å². The van der Waals surface area contributed by atoms with Crippen molar-refractivity contribution in [3.8, 4) is 11.1 Å². The number of aromatic nitrogens is 5. The minimum atomic E-state index is -1.67. The number of rotatable bonds is 5. The van der Waals surface area contributed by atoms with Crippen molar-refractivity contribution < 1.29 is 18.8 Å². The molecule has 0 radical (unpaired) electrons. The fourth-order valence-electron chi connectivity index (χ4n) is 4.93. The van der Waals surface area contributed by atoms with Gasteiger partial charge in [-0.25, -0.2) is 9.37 Å². The average Bonchev–Trinajstić information content (AvgIpc) is 3.21. The summed E-state index contributed by atoms with van der Waals surface area (Å²) in [4.78, 5) is 7.96. The Morgan fingerprint density at radius 3 is 2.73 bits per heavy atom. The minimum absolute atomic E-state index is 0.254. The topological polar surface area (TPSA) is 110 Å². The number of hydrogen-bond donors (Lipinski definition) is 2. The zero-order valence-electron chi connectivity index (χ0n) is 18.4. The molecule has 8 nitrogen and oxygen atoms in total. The first-order valence-corrected chi connectivity index (χ1v) is 11.3. The van der Waals surface area contributed by atoms with Gasteiger partial charge in [-0.15, -0.1) is 0 Å². The largest absolute Gasteiger partial charge is 0.376 e. The number of nitrogens with zero attached hydrogens (tertiary/aromatic N) is 4. The van der Waals surface area contributed by atoms with Crippen molar-refractivity contribution in [1.82, 2.24) is 25.3 Å². The Morgan fingerprint density at radius 1 is 1.24 bits per heavy atom. The summed E-state index contributed by atoms with van der Waals surface area (Å²) in [6.07, 6.45) is 4.44. The molecule has 170 valence electrons. The van der Waals surface area contributed by atoms with Gasteiger partial charge in [-0.3, -0.25) is 0 Å². The van der Waals surface area contributed by atoms with Crippen LogP contribution in [0.1, 0.15) is 60.1 Å². The summed E-state index contributed by atoms with van der Waals surface area (Å²) in [6.45, 7) is 4.05. The van der Waals surface area contributed by atoms with E-state index in [-0.39, 0.29) is 11.4 Å². The highest BCUT2D eigenvalue weighted by atomic mass is 19.1. The first kappa shape index (κ1) is 20.4. The molecule has 2 N–H and O–H groups in total. The summed E-state index contributed by atoms with van der Waals surface area (Å²) in [5.74, 6) is 1.06. The third-order valence-corrected chi connectivity index (χ3v) is 6.76. The highest BCUT2D eigenvalue weighted by Gasteiger charge is 2.47. The highest BCUT2D eigenvalue weighted by molar-refractivity contribution is 5.88. The van der Waals surface area contributed by atoms with E-state index in [0.717, 1.165) is 25.1 Å². The molecule has 1 saturated carbocycles. The van der Waals surface area contributed by atoms with Crippen LogP contribution in [0.25, 0.3) is 22.2 Å². The molecule has 3 aromatic heterocycles. The van der Waals surface area contributed by atoms with Gasteiger partial charge in [0.25, 0.3) is 0 Å². The number of imidazole rings is 1. The Labute approximate surface area is 189 Å². The predicted octanol–water partition coefficient (Wildman–Crippen LogP) is 4.06. The smallest absolute Gasteiger partial charge is 0.161 e. The van der Waals surface area contributed by atoms with Crippen molar-refractivity contribution >= 4 is 11.0 Å². The molecule has 33 heavy (non-hydrogen) atoms. The monoisotopic (exact) mass is 449 g/mol. The van der Waals surface area contributed by atoms with Gasteiger partial charge in [0.15, 0.2) is 11.4 Å². The summed E-state index contributed by atoms with van der Waals surface area (Å²) in [6, 6.07) is 5.09. The first-order valence-electron chi connectivity index (χ1n) is 11.3. The number of halogens is 1. The number of nitrogens with one attached hydrogen (secondary N) is 1. The van der Waals surface area contributed by atoms with Crippen LogP contribution in [0.2, 0.25) is 0 Å². The van der Waals surface area contributed by atoms with E-state index in [2.05, 4.69) is 20.3 Å². The van der Waals surface area contributed by atoms with E-state index in [1.165, 1.54) is 0 Å². The summed E-state index contributed by atoms with van der Waals surface area (Å²) in [7, 11) is 0. The van der Waals surface area contributed by atoms with Crippen molar-refractivity contribution in [1.29, 1.82) is 0 Å². The Morgan fingerprint density at radius 2 is 2.09 bits per heavy atom. The lowest BCUT2D eigenvalue weighted by Crippen LogP contribution is -2.41. The lowest BCUT2D eigenvalue weighted by Gasteiger charge is -2.33. The summed E-state index contributed by atoms with van der Waals surface area (Å²) < 4.78 is 27.3. The van der Waals surface area contributed by atoms with Crippen LogP contribution in [0.5, 0.6) is 0 Å². The van der Waals surface area contributed by atoms with Gasteiger partial charge in [-0.2, -0.15) is 10.2 Å². The molecule has 4 heterocycles. The number of aliphatic hydroxyl groups is 1. The lowest BCUT2D eigenvalue weighted by molar-refractivity contribution is -0.0641. The molecule has 1 aliphatic heterocycles. The van der Waals surface area contributed by atoms with Crippen LogP contribution in [-0.4, -0.2) is 43.1 Å².